The summed E-state index contributed by atoms with van der Waals surface area (Å²) >= 11 is 0. The predicted molar refractivity (Wildman–Crippen MR) is 73.7 cm³/mol. The van der Waals surface area contributed by atoms with Crippen LogP contribution in [-0.2, 0) is 4.57 Å². The van der Waals surface area contributed by atoms with Crippen LogP contribution in [0.3, 0.4) is 0 Å². The van der Waals surface area contributed by atoms with E-state index >= 15 is 0 Å². The largest absolute Gasteiger partial charge is 0.546 e. The Hall–Kier alpha value is -0.760. The molecule has 0 aliphatic rings. The summed E-state index contributed by atoms with van der Waals surface area (Å²) in [6, 6.07) is 8.93. The normalized spacial score (nSPS) is 12.4. The summed E-state index contributed by atoms with van der Waals surface area (Å²) in [5.74, 6) is 0. The number of hydrogen-bond donors (Lipinski definition) is 2. The van der Waals surface area contributed by atoms with Crippen molar-refractivity contribution in [1.82, 2.24) is 0 Å². The maximum Gasteiger partial charge on any atom is 0.546 e. The van der Waals surface area contributed by atoms with Crippen molar-refractivity contribution >= 4 is 13.3 Å². The van der Waals surface area contributed by atoms with Gasteiger partial charge in [0.2, 0.25) is 5.30 Å². The van der Waals surface area contributed by atoms with E-state index in [1.165, 1.54) is 25.7 Å². The SMILES string of the molecule is CCCCCC(C)N.O=[P+](O)c1ccccc1. The number of nitrogens with two attached hydrogens (primary N) is 1. The van der Waals surface area contributed by atoms with Crippen LogP contribution in [0.2, 0.25) is 0 Å². The second kappa shape index (κ2) is 10.4. The van der Waals surface area contributed by atoms with Gasteiger partial charge in [0.05, 0.1) is 0 Å². The molecular formula is C13H23NO2P+. The van der Waals surface area contributed by atoms with Crippen LogP contribution in [0.5, 0.6) is 0 Å². The summed E-state index contributed by atoms with van der Waals surface area (Å²) < 4.78 is 10.3. The third-order valence-corrected chi connectivity index (χ3v) is 2.98. The summed E-state index contributed by atoms with van der Waals surface area (Å²) in [6.07, 6.45) is 5.12. The van der Waals surface area contributed by atoms with Gasteiger partial charge < -0.3 is 5.73 Å². The fourth-order valence-electron chi connectivity index (χ4n) is 1.27. The Kier molecular flexibility index (Phi) is 9.93. The molecule has 0 bridgehead atoms. The zero-order chi connectivity index (χ0) is 13.1. The van der Waals surface area contributed by atoms with Crippen LogP contribution in [0.4, 0.5) is 0 Å². The average Bonchev–Trinajstić information content (AvgIpc) is 2.31. The highest BCUT2D eigenvalue weighted by atomic mass is 31.1. The molecule has 3 N–H and O–H groups in total. The van der Waals surface area contributed by atoms with E-state index in [4.69, 9.17) is 10.6 Å². The highest BCUT2D eigenvalue weighted by molar-refractivity contribution is 7.47. The molecule has 0 aliphatic carbocycles. The molecular weight excluding hydrogens is 233 g/mol. The molecule has 0 saturated heterocycles. The molecule has 2 atom stereocenters. The molecule has 4 heteroatoms. The molecule has 0 heterocycles. The monoisotopic (exact) mass is 256 g/mol. The van der Waals surface area contributed by atoms with Gasteiger partial charge in [-0.3, -0.25) is 0 Å². The standard InChI is InChI=1S/C7H17N.C6H5O2P/c1-3-4-5-6-7(2)8;7-9(8)6-4-2-1-3-5-6/h7H,3-6,8H2,1-2H3;1-5H/p+1. The van der Waals surface area contributed by atoms with Crippen molar-refractivity contribution in [2.24, 2.45) is 5.73 Å². The van der Waals surface area contributed by atoms with Crippen molar-refractivity contribution < 1.29 is 9.46 Å². The zero-order valence-electron chi connectivity index (χ0n) is 10.7. The smallest absolute Gasteiger partial charge is 0.328 e. The summed E-state index contributed by atoms with van der Waals surface area (Å²) in [5, 5.41) is 0.479. The Balaban J connectivity index is 0.000000304. The number of unbranched alkanes of at least 4 members (excludes halogenated alkanes) is 2. The first-order valence-electron chi connectivity index (χ1n) is 6.04. The first-order chi connectivity index (χ1) is 8.07. The average molecular weight is 256 g/mol. The van der Waals surface area contributed by atoms with Gasteiger partial charge in [-0.1, -0.05) is 44.4 Å². The van der Waals surface area contributed by atoms with Gasteiger partial charge in [-0.05, 0) is 30.0 Å². The van der Waals surface area contributed by atoms with Crippen LogP contribution in [0.25, 0.3) is 0 Å². The van der Waals surface area contributed by atoms with E-state index < -0.39 is 8.03 Å². The minimum atomic E-state index is -2.15. The van der Waals surface area contributed by atoms with E-state index in [0.29, 0.717) is 11.3 Å². The number of benzene rings is 1. The molecule has 0 aromatic heterocycles. The second-order valence-corrected chi connectivity index (χ2v) is 5.14. The van der Waals surface area contributed by atoms with Crippen molar-refractivity contribution in [2.75, 3.05) is 0 Å². The molecule has 1 rings (SSSR count). The van der Waals surface area contributed by atoms with Crippen LogP contribution >= 0.6 is 8.03 Å². The van der Waals surface area contributed by atoms with Crippen molar-refractivity contribution in [3.05, 3.63) is 30.3 Å². The Morgan fingerprint density at radius 1 is 1.29 bits per heavy atom. The molecule has 0 aliphatic heterocycles. The lowest BCUT2D eigenvalue weighted by molar-refractivity contribution is 0.513. The van der Waals surface area contributed by atoms with Crippen molar-refractivity contribution in [3.8, 4) is 0 Å². The molecule has 2 unspecified atom stereocenters. The van der Waals surface area contributed by atoms with Gasteiger partial charge in [0.15, 0.2) is 0 Å². The molecule has 1 aromatic rings. The molecule has 0 spiro atoms. The van der Waals surface area contributed by atoms with Crippen LogP contribution in [0.1, 0.15) is 39.5 Å². The quantitative estimate of drug-likeness (QED) is 0.629. The van der Waals surface area contributed by atoms with E-state index in [-0.39, 0.29) is 0 Å². The minimum absolute atomic E-state index is 0.404. The highest BCUT2D eigenvalue weighted by Crippen LogP contribution is 2.10. The number of hydrogen-bond acceptors (Lipinski definition) is 2. The molecule has 0 saturated carbocycles. The van der Waals surface area contributed by atoms with Crippen LogP contribution in [-0.4, -0.2) is 10.9 Å². The van der Waals surface area contributed by atoms with Crippen LogP contribution in [0, 0.1) is 0 Å². The van der Waals surface area contributed by atoms with E-state index in [2.05, 4.69) is 13.8 Å². The predicted octanol–water partition coefficient (Wildman–Crippen LogP) is 2.96. The van der Waals surface area contributed by atoms with Gasteiger partial charge >= 0.3 is 8.03 Å². The summed E-state index contributed by atoms with van der Waals surface area (Å²) in [7, 11) is -2.15. The van der Waals surface area contributed by atoms with E-state index in [1.807, 2.05) is 6.07 Å². The lowest BCUT2D eigenvalue weighted by Gasteiger charge is -2.01. The highest BCUT2D eigenvalue weighted by Gasteiger charge is 2.12. The summed E-state index contributed by atoms with van der Waals surface area (Å²) in [5.41, 5.74) is 5.53. The molecule has 1 aromatic carbocycles. The molecule has 3 nitrogen and oxygen atoms in total. The van der Waals surface area contributed by atoms with Gasteiger partial charge in [0.25, 0.3) is 0 Å². The second-order valence-electron chi connectivity index (χ2n) is 4.08. The number of rotatable bonds is 5. The van der Waals surface area contributed by atoms with Gasteiger partial charge in [-0.25, -0.2) is 0 Å². The molecule has 0 radical (unpaired) electrons. The van der Waals surface area contributed by atoms with E-state index in [0.717, 1.165) is 0 Å². The lowest BCUT2D eigenvalue weighted by Crippen LogP contribution is -2.13. The molecule has 0 amide bonds. The first-order valence-corrected chi connectivity index (χ1v) is 7.26. The van der Waals surface area contributed by atoms with E-state index in [9.17, 15) is 4.57 Å². The van der Waals surface area contributed by atoms with Crippen molar-refractivity contribution in [2.45, 2.75) is 45.6 Å². The van der Waals surface area contributed by atoms with Crippen molar-refractivity contribution in [1.29, 1.82) is 0 Å². The molecule has 0 fully saturated rings. The summed E-state index contributed by atoms with van der Waals surface area (Å²) in [4.78, 5) is 8.53. The Morgan fingerprint density at radius 2 is 1.88 bits per heavy atom. The maximum atomic E-state index is 10.3. The molecule has 17 heavy (non-hydrogen) atoms. The zero-order valence-corrected chi connectivity index (χ0v) is 11.6. The topological polar surface area (TPSA) is 63.3 Å². The first kappa shape index (κ1) is 16.2. The van der Waals surface area contributed by atoms with Gasteiger partial charge in [-0.2, -0.15) is 4.89 Å². The lowest BCUT2D eigenvalue weighted by atomic mass is 10.1. The fourth-order valence-corrected chi connectivity index (χ4v) is 1.70. The van der Waals surface area contributed by atoms with E-state index in [1.54, 1.807) is 24.3 Å². The van der Waals surface area contributed by atoms with Gasteiger partial charge in [0, 0.05) is 6.04 Å². The summed E-state index contributed by atoms with van der Waals surface area (Å²) in [6.45, 7) is 4.27. The Morgan fingerprint density at radius 3 is 2.24 bits per heavy atom. The van der Waals surface area contributed by atoms with Crippen molar-refractivity contribution in [3.63, 3.8) is 0 Å². The third kappa shape index (κ3) is 10.1. The maximum absolute atomic E-state index is 10.3. The fraction of sp³-hybridized carbons (Fsp3) is 0.538. The Bertz CT molecular complexity index is 302. The van der Waals surface area contributed by atoms with Gasteiger partial charge in [0.1, 0.15) is 0 Å². The van der Waals surface area contributed by atoms with Crippen LogP contribution in [0.15, 0.2) is 30.3 Å². The minimum Gasteiger partial charge on any atom is -0.328 e. The Labute approximate surface area is 105 Å². The van der Waals surface area contributed by atoms with Gasteiger partial charge in [-0.15, -0.1) is 0 Å². The molecule has 96 valence electrons. The van der Waals surface area contributed by atoms with Crippen LogP contribution < -0.4 is 11.0 Å². The third-order valence-electron chi connectivity index (χ3n) is 2.24.